The van der Waals surface area contributed by atoms with Crippen LogP contribution in [-0.4, -0.2) is 57.3 Å². The number of imidazole rings is 1. The molecule has 170 valence electrons. The molecule has 2 N–H and O–H groups in total. The van der Waals surface area contributed by atoms with Crippen LogP contribution in [0, 0.1) is 11.8 Å². The average Bonchev–Trinajstić information content (AvgIpc) is 3.08. The van der Waals surface area contributed by atoms with Crippen molar-refractivity contribution in [2.75, 3.05) is 31.1 Å². The van der Waals surface area contributed by atoms with Crippen molar-refractivity contribution in [3.63, 3.8) is 0 Å². The Morgan fingerprint density at radius 3 is 3.03 bits per heavy atom. The smallest absolute Gasteiger partial charge is 0.293 e. The molecule has 0 amide bonds. The molecule has 1 saturated heterocycles. The molecular weight excluding hydrogens is 418 g/mol. The molecule has 1 aromatic carbocycles. The maximum Gasteiger partial charge on any atom is 0.293 e. The summed E-state index contributed by atoms with van der Waals surface area (Å²) in [4.78, 5) is 25.2. The highest BCUT2D eigenvalue weighted by Gasteiger charge is 2.25. The molecule has 0 aliphatic carbocycles. The summed E-state index contributed by atoms with van der Waals surface area (Å²) in [7, 11) is 0. The van der Waals surface area contributed by atoms with Crippen molar-refractivity contribution in [2.24, 2.45) is 10.7 Å². The van der Waals surface area contributed by atoms with Crippen LogP contribution in [0.1, 0.15) is 25.3 Å². The topological polar surface area (TPSA) is 104 Å². The monoisotopic (exact) mass is 445 g/mol. The zero-order chi connectivity index (χ0) is 22.8. The van der Waals surface area contributed by atoms with Crippen LogP contribution in [0.5, 0.6) is 5.75 Å². The van der Waals surface area contributed by atoms with Crippen LogP contribution in [0.25, 0.3) is 11.0 Å². The molecule has 0 spiro atoms. The van der Waals surface area contributed by atoms with E-state index in [0.717, 1.165) is 42.4 Å². The molecule has 0 radical (unpaired) electrons. The molecule has 1 unspecified atom stereocenters. The van der Waals surface area contributed by atoms with Crippen molar-refractivity contribution in [3.8, 4) is 17.6 Å². The Bertz CT molecular complexity index is 1330. The van der Waals surface area contributed by atoms with Crippen LogP contribution < -0.4 is 20.9 Å². The molecule has 5 rings (SSSR count). The summed E-state index contributed by atoms with van der Waals surface area (Å²) >= 11 is 0. The van der Waals surface area contributed by atoms with E-state index in [9.17, 15) is 4.79 Å². The first-order valence-corrected chi connectivity index (χ1v) is 11.3. The lowest BCUT2D eigenvalue weighted by atomic mass is 10.1. The minimum Gasteiger partial charge on any atom is -0.491 e. The van der Waals surface area contributed by atoms with Crippen LogP contribution in [0.4, 0.5) is 5.95 Å². The van der Waals surface area contributed by atoms with E-state index in [-0.39, 0.29) is 18.1 Å². The van der Waals surface area contributed by atoms with E-state index in [1.807, 2.05) is 28.8 Å². The second kappa shape index (κ2) is 9.08. The summed E-state index contributed by atoms with van der Waals surface area (Å²) in [5.41, 5.74) is 8.72. The predicted octanol–water partition coefficient (Wildman–Crippen LogP) is 1.43. The summed E-state index contributed by atoms with van der Waals surface area (Å²) in [5, 5.41) is 4.43. The molecule has 1 fully saturated rings. The normalized spacial score (nSPS) is 18.1. The van der Waals surface area contributed by atoms with Crippen molar-refractivity contribution in [2.45, 2.75) is 38.9 Å². The quantitative estimate of drug-likeness (QED) is 0.610. The number of aromatic nitrogens is 4. The summed E-state index contributed by atoms with van der Waals surface area (Å²) in [5.74, 6) is 7.52. The summed E-state index contributed by atoms with van der Waals surface area (Å²) in [6, 6.07) is 7.84. The molecule has 1 atom stereocenters. The Kier molecular flexibility index (Phi) is 5.84. The number of para-hydroxylation sites is 1. The molecule has 9 nitrogen and oxygen atoms in total. The Morgan fingerprint density at radius 2 is 2.18 bits per heavy atom. The van der Waals surface area contributed by atoms with Gasteiger partial charge in [-0.05, 0) is 31.9 Å². The summed E-state index contributed by atoms with van der Waals surface area (Å²) < 4.78 is 9.14. The number of nitrogens with zero attached hydrogens (tertiary/aromatic N) is 6. The van der Waals surface area contributed by atoms with Gasteiger partial charge in [-0.3, -0.25) is 14.4 Å². The first kappa shape index (κ1) is 21.2. The Balaban J connectivity index is 1.58. The lowest BCUT2D eigenvalue weighted by Gasteiger charge is -2.31. The number of ether oxygens (including phenoxy) is 1. The number of rotatable bonds is 4. The van der Waals surface area contributed by atoms with Gasteiger partial charge in [0, 0.05) is 24.7 Å². The highest BCUT2D eigenvalue weighted by atomic mass is 16.5. The number of anilines is 1. The first-order chi connectivity index (χ1) is 16.2. The third kappa shape index (κ3) is 4.10. The fourth-order valence-corrected chi connectivity index (χ4v) is 4.46. The molecular formula is C24H27N7O2. The summed E-state index contributed by atoms with van der Waals surface area (Å²) in [6.45, 7) is 5.02. The molecule has 9 heteroatoms. The zero-order valence-electron chi connectivity index (χ0n) is 18.7. The van der Waals surface area contributed by atoms with Crippen LogP contribution in [0.15, 0.2) is 40.2 Å². The molecule has 3 aromatic rings. The van der Waals surface area contributed by atoms with Gasteiger partial charge in [0.2, 0.25) is 5.95 Å². The van der Waals surface area contributed by atoms with E-state index in [2.05, 4.69) is 26.8 Å². The second-order valence-electron chi connectivity index (χ2n) is 8.29. The first-order valence-electron chi connectivity index (χ1n) is 11.3. The van der Waals surface area contributed by atoms with E-state index in [0.29, 0.717) is 37.3 Å². The van der Waals surface area contributed by atoms with Gasteiger partial charge in [-0.1, -0.05) is 18.1 Å². The third-order valence-electron chi connectivity index (χ3n) is 6.03. The molecule has 2 aliphatic rings. The average molecular weight is 446 g/mol. The van der Waals surface area contributed by atoms with Crippen LogP contribution >= 0.6 is 0 Å². The molecule has 33 heavy (non-hydrogen) atoms. The maximum absolute atomic E-state index is 13.6. The van der Waals surface area contributed by atoms with Gasteiger partial charge in [-0.25, -0.2) is 9.67 Å². The van der Waals surface area contributed by atoms with Crippen molar-refractivity contribution >= 4 is 22.7 Å². The number of aliphatic imine (C=N–C) groups is 1. The van der Waals surface area contributed by atoms with E-state index in [4.69, 9.17) is 15.5 Å². The molecule has 0 bridgehead atoms. The number of nitrogens with two attached hydrogens (primary N) is 1. The van der Waals surface area contributed by atoms with Crippen LogP contribution in [0.3, 0.4) is 0 Å². The van der Waals surface area contributed by atoms with Crippen molar-refractivity contribution in [1.29, 1.82) is 0 Å². The molecule has 2 aromatic heterocycles. The van der Waals surface area contributed by atoms with E-state index >= 15 is 0 Å². The van der Waals surface area contributed by atoms with Gasteiger partial charge < -0.3 is 15.4 Å². The highest BCUT2D eigenvalue weighted by molar-refractivity contribution is 6.03. The minimum absolute atomic E-state index is 0.0922. The SMILES string of the molecule is CC#CCn1c(N2CCCC(N)C2)nc2cnn(CC3=NCCOc4ccccc43)c(=O)c21. The van der Waals surface area contributed by atoms with E-state index in [1.54, 1.807) is 13.1 Å². The number of benzene rings is 1. The number of hydrogen-bond acceptors (Lipinski definition) is 7. The fraction of sp³-hybridized carbons (Fsp3) is 0.417. The van der Waals surface area contributed by atoms with Gasteiger partial charge in [-0.2, -0.15) is 5.10 Å². The fourth-order valence-electron chi connectivity index (χ4n) is 4.46. The van der Waals surface area contributed by atoms with Gasteiger partial charge in [0.1, 0.15) is 23.4 Å². The Labute approximate surface area is 191 Å². The Morgan fingerprint density at radius 1 is 1.30 bits per heavy atom. The molecule has 0 saturated carbocycles. The van der Waals surface area contributed by atoms with Crippen molar-refractivity contribution < 1.29 is 4.74 Å². The Hall–Kier alpha value is -3.64. The van der Waals surface area contributed by atoms with E-state index in [1.165, 1.54) is 4.68 Å². The summed E-state index contributed by atoms with van der Waals surface area (Å²) in [6.07, 6.45) is 3.64. The van der Waals surface area contributed by atoms with Gasteiger partial charge in [-0.15, -0.1) is 5.92 Å². The molecule has 2 aliphatic heterocycles. The van der Waals surface area contributed by atoms with Crippen LogP contribution in [-0.2, 0) is 13.1 Å². The highest BCUT2D eigenvalue weighted by Crippen LogP contribution is 2.24. The zero-order valence-corrected chi connectivity index (χ0v) is 18.7. The lowest BCUT2D eigenvalue weighted by Crippen LogP contribution is -2.44. The largest absolute Gasteiger partial charge is 0.491 e. The third-order valence-corrected chi connectivity index (χ3v) is 6.03. The van der Waals surface area contributed by atoms with Crippen molar-refractivity contribution in [1.82, 2.24) is 19.3 Å². The minimum atomic E-state index is -0.212. The number of piperidine rings is 1. The van der Waals surface area contributed by atoms with Gasteiger partial charge in [0.05, 0.1) is 31.5 Å². The maximum atomic E-state index is 13.6. The predicted molar refractivity (Wildman–Crippen MR) is 128 cm³/mol. The van der Waals surface area contributed by atoms with E-state index < -0.39 is 0 Å². The number of hydrogen-bond donors (Lipinski definition) is 1. The van der Waals surface area contributed by atoms with Gasteiger partial charge in [0.15, 0.2) is 0 Å². The standard InChI is InChI=1S/C24H27N7O2/c1-2-3-12-30-22-19(28-24(30)29-11-6-7-17(25)15-29)14-27-31(23(22)32)16-20-18-8-4-5-9-21(18)33-13-10-26-20/h4-5,8-9,14,17H,6-7,10-13,15-16,25H2,1H3. The van der Waals surface area contributed by atoms with Crippen molar-refractivity contribution in [3.05, 3.63) is 46.4 Å². The van der Waals surface area contributed by atoms with Crippen LogP contribution in [0.2, 0.25) is 0 Å². The van der Waals surface area contributed by atoms with Gasteiger partial charge in [0.25, 0.3) is 5.56 Å². The molecule has 4 heterocycles. The van der Waals surface area contributed by atoms with Gasteiger partial charge >= 0.3 is 0 Å². The second-order valence-corrected chi connectivity index (χ2v) is 8.29. The lowest BCUT2D eigenvalue weighted by molar-refractivity contribution is 0.331. The number of fused-ring (bicyclic) bond motifs is 2.